The number of pyridine rings is 1. The molecule has 0 saturated carbocycles. The van der Waals surface area contributed by atoms with Crippen LogP contribution in [0.2, 0.25) is 0 Å². The third-order valence-electron chi connectivity index (χ3n) is 5.71. The van der Waals surface area contributed by atoms with E-state index in [9.17, 15) is 19.4 Å². The molecule has 2 aromatic carbocycles. The van der Waals surface area contributed by atoms with Gasteiger partial charge in [0.25, 0.3) is 0 Å². The lowest BCUT2D eigenvalue weighted by Crippen LogP contribution is -2.22. The Balaban J connectivity index is 1.78. The number of carbonyl (C=O) groups is 1. The zero-order chi connectivity index (χ0) is 24.8. The fraction of sp³-hybridized carbons (Fsp3) is 0.222. The van der Waals surface area contributed by atoms with Crippen LogP contribution in [0, 0.1) is 5.82 Å². The summed E-state index contributed by atoms with van der Waals surface area (Å²) in [5.41, 5.74) is 3.92. The minimum absolute atomic E-state index is 0.0508. The summed E-state index contributed by atoms with van der Waals surface area (Å²) in [5.74, 6) is -0.794. The largest absolute Gasteiger partial charge is 0.481 e. The summed E-state index contributed by atoms with van der Waals surface area (Å²) in [5, 5.41) is 29.3. The van der Waals surface area contributed by atoms with Crippen LogP contribution in [-0.2, 0) is 11.3 Å². The Morgan fingerprint density at radius 2 is 1.57 bits per heavy atom. The number of aliphatic carboxylic acids is 1. The average molecular weight is 476 g/mol. The number of aliphatic hydroxyl groups is 2. The van der Waals surface area contributed by atoms with Crippen LogP contribution in [0.25, 0.3) is 33.9 Å². The summed E-state index contributed by atoms with van der Waals surface area (Å²) in [6.45, 7) is 0.343. The van der Waals surface area contributed by atoms with Gasteiger partial charge in [-0.05, 0) is 49.2 Å². The molecule has 0 amide bonds. The Morgan fingerprint density at radius 1 is 0.886 bits per heavy atom. The molecular formula is C27H26FN3O4. The molecule has 3 N–H and O–H groups in total. The summed E-state index contributed by atoms with van der Waals surface area (Å²) >= 11 is 0. The van der Waals surface area contributed by atoms with Crippen molar-refractivity contribution in [2.24, 2.45) is 0 Å². The molecule has 0 aliphatic carbocycles. The van der Waals surface area contributed by atoms with E-state index in [1.54, 1.807) is 24.5 Å². The lowest BCUT2D eigenvalue weighted by molar-refractivity contribution is -0.139. The number of nitrogens with zero attached hydrogens (tertiary/aromatic N) is 3. The molecule has 0 aliphatic heterocycles. The van der Waals surface area contributed by atoms with Crippen molar-refractivity contribution in [2.75, 3.05) is 0 Å². The number of imidazole rings is 1. The van der Waals surface area contributed by atoms with Crippen molar-refractivity contribution in [1.82, 2.24) is 14.5 Å². The molecule has 180 valence electrons. The van der Waals surface area contributed by atoms with E-state index in [0.717, 1.165) is 22.4 Å². The molecular weight excluding hydrogens is 449 g/mol. The maximum atomic E-state index is 13.7. The fourth-order valence-corrected chi connectivity index (χ4v) is 4.08. The molecule has 2 unspecified atom stereocenters. The van der Waals surface area contributed by atoms with Gasteiger partial charge >= 0.3 is 5.97 Å². The minimum Gasteiger partial charge on any atom is -0.481 e. The maximum Gasteiger partial charge on any atom is 0.305 e. The molecule has 35 heavy (non-hydrogen) atoms. The van der Waals surface area contributed by atoms with Crippen LogP contribution >= 0.6 is 0 Å². The van der Waals surface area contributed by atoms with Crippen LogP contribution in [0.5, 0.6) is 0 Å². The maximum absolute atomic E-state index is 13.7. The second-order valence-electron chi connectivity index (χ2n) is 8.32. The van der Waals surface area contributed by atoms with Gasteiger partial charge in [0, 0.05) is 35.6 Å². The normalized spacial score (nSPS) is 12.9. The molecule has 2 aromatic heterocycles. The van der Waals surface area contributed by atoms with Crippen molar-refractivity contribution in [2.45, 2.75) is 38.0 Å². The van der Waals surface area contributed by atoms with Gasteiger partial charge in [0.2, 0.25) is 0 Å². The minimum atomic E-state index is -1.14. The first-order valence-electron chi connectivity index (χ1n) is 11.3. The van der Waals surface area contributed by atoms with Crippen molar-refractivity contribution in [3.8, 4) is 33.9 Å². The van der Waals surface area contributed by atoms with E-state index >= 15 is 0 Å². The molecule has 0 radical (unpaired) electrons. The molecule has 2 heterocycles. The highest BCUT2D eigenvalue weighted by Gasteiger charge is 2.22. The smallest absolute Gasteiger partial charge is 0.305 e. The third-order valence-corrected chi connectivity index (χ3v) is 5.71. The number of carboxylic acid groups (broad SMARTS) is 1. The van der Waals surface area contributed by atoms with Crippen LogP contribution < -0.4 is 0 Å². The van der Waals surface area contributed by atoms with Gasteiger partial charge in [-0.15, -0.1) is 0 Å². The second-order valence-corrected chi connectivity index (χ2v) is 8.32. The molecule has 0 bridgehead atoms. The predicted molar refractivity (Wildman–Crippen MR) is 130 cm³/mol. The van der Waals surface area contributed by atoms with Gasteiger partial charge in [0.05, 0.1) is 30.0 Å². The SMILES string of the molecule is O=C(O)CC(O)CC(O)CCn1c(-c2ccccc2)nc(-c2ccncc2)c1-c1ccc(F)cc1. The highest BCUT2D eigenvalue weighted by molar-refractivity contribution is 5.82. The predicted octanol–water partition coefficient (Wildman–Crippen LogP) is 4.39. The monoisotopic (exact) mass is 475 g/mol. The van der Waals surface area contributed by atoms with Crippen molar-refractivity contribution < 1.29 is 24.5 Å². The van der Waals surface area contributed by atoms with E-state index in [2.05, 4.69) is 4.98 Å². The van der Waals surface area contributed by atoms with Crippen LogP contribution in [0.1, 0.15) is 19.3 Å². The molecule has 2 atom stereocenters. The molecule has 0 spiro atoms. The van der Waals surface area contributed by atoms with Gasteiger partial charge in [-0.3, -0.25) is 9.78 Å². The molecule has 0 fully saturated rings. The summed E-state index contributed by atoms with van der Waals surface area (Å²) < 4.78 is 15.7. The number of benzene rings is 2. The zero-order valence-corrected chi connectivity index (χ0v) is 19.0. The van der Waals surface area contributed by atoms with Crippen LogP contribution in [0.4, 0.5) is 4.39 Å². The van der Waals surface area contributed by atoms with Gasteiger partial charge in [-0.1, -0.05) is 30.3 Å². The van der Waals surface area contributed by atoms with E-state index in [1.165, 1.54) is 12.1 Å². The van der Waals surface area contributed by atoms with Crippen molar-refractivity contribution in [1.29, 1.82) is 0 Å². The Kier molecular flexibility index (Phi) is 7.64. The zero-order valence-electron chi connectivity index (χ0n) is 19.0. The van der Waals surface area contributed by atoms with Crippen molar-refractivity contribution in [3.63, 3.8) is 0 Å². The Hall–Kier alpha value is -3.88. The first-order valence-corrected chi connectivity index (χ1v) is 11.3. The fourth-order valence-electron chi connectivity index (χ4n) is 4.08. The molecule has 4 aromatic rings. The number of hydrogen-bond donors (Lipinski definition) is 3. The number of halogens is 1. The molecule has 7 nitrogen and oxygen atoms in total. The van der Waals surface area contributed by atoms with Gasteiger partial charge in [0.15, 0.2) is 0 Å². The van der Waals surface area contributed by atoms with Crippen molar-refractivity contribution >= 4 is 5.97 Å². The van der Waals surface area contributed by atoms with Gasteiger partial charge < -0.3 is 19.9 Å². The number of hydrogen-bond acceptors (Lipinski definition) is 5. The summed E-state index contributed by atoms with van der Waals surface area (Å²) in [4.78, 5) is 19.9. The topological polar surface area (TPSA) is 108 Å². The molecule has 0 aliphatic rings. The Labute approximate surface area is 202 Å². The highest BCUT2D eigenvalue weighted by atomic mass is 19.1. The first kappa shape index (κ1) is 24.3. The summed E-state index contributed by atoms with van der Waals surface area (Å²) in [6.07, 6.45) is 1.09. The Morgan fingerprint density at radius 3 is 2.23 bits per heavy atom. The lowest BCUT2D eigenvalue weighted by Gasteiger charge is -2.18. The van der Waals surface area contributed by atoms with Gasteiger partial charge in [-0.2, -0.15) is 0 Å². The van der Waals surface area contributed by atoms with Crippen LogP contribution in [0.3, 0.4) is 0 Å². The van der Waals surface area contributed by atoms with Gasteiger partial charge in [0.1, 0.15) is 11.6 Å². The molecule has 0 saturated heterocycles. The third kappa shape index (κ3) is 5.98. The second kappa shape index (κ2) is 11.0. The van der Waals surface area contributed by atoms with E-state index in [1.807, 2.05) is 47.0 Å². The van der Waals surface area contributed by atoms with E-state index in [-0.39, 0.29) is 18.7 Å². The molecule has 8 heteroatoms. The van der Waals surface area contributed by atoms with E-state index in [0.29, 0.717) is 18.1 Å². The lowest BCUT2D eigenvalue weighted by atomic mass is 10.0. The highest BCUT2D eigenvalue weighted by Crippen LogP contribution is 2.36. The Bertz CT molecular complexity index is 1260. The first-order chi connectivity index (χ1) is 16.9. The number of carboxylic acids is 1. The molecule has 4 rings (SSSR count). The average Bonchev–Trinajstić information content (AvgIpc) is 3.23. The summed E-state index contributed by atoms with van der Waals surface area (Å²) in [7, 11) is 0. The summed E-state index contributed by atoms with van der Waals surface area (Å²) in [6, 6.07) is 19.5. The van der Waals surface area contributed by atoms with Crippen LogP contribution in [0.15, 0.2) is 79.1 Å². The quantitative estimate of drug-likeness (QED) is 0.314. The number of aliphatic hydroxyl groups excluding tert-OH is 2. The van der Waals surface area contributed by atoms with E-state index < -0.39 is 24.6 Å². The van der Waals surface area contributed by atoms with Crippen LogP contribution in [-0.4, -0.2) is 48.0 Å². The number of rotatable bonds is 10. The van der Waals surface area contributed by atoms with E-state index in [4.69, 9.17) is 10.1 Å². The van der Waals surface area contributed by atoms with Gasteiger partial charge in [-0.25, -0.2) is 9.37 Å². The number of aromatic nitrogens is 3. The van der Waals surface area contributed by atoms with Crippen molar-refractivity contribution in [3.05, 3.63) is 84.9 Å². The standard InChI is InChI=1S/C27H26FN3O4/c28-21-8-6-19(7-9-21)26-25(18-10-13-29-14-11-18)30-27(20-4-2-1-3-5-20)31(26)15-12-22(32)16-23(33)17-24(34)35/h1-11,13-14,22-23,32-33H,12,15-17H2,(H,34,35).